The zero-order valence-corrected chi connectivity index (χ0v) is 44.4. The first-order valence-electron chi connectivity index (χ1n) is 27.7. The Morgan fingerprint density at radius 3 is 1.64 bits per heavy atom. The van der Waals surface area contributed by atoms with Crippen molar-refractivity contribution in [2.24, 2.45) is 0 Å². The van der Waals surface area contributed by atoms with Gasteiger partial charge in [-0.15, -0.1) is 11.3 Å². The van der Waals surface area contributed by atoms with Gasteiger partial charge in [0.25, 0.3) is 6.71 Å². The molecular weight excluding hydrogens is 890 g/mol. The molecule has 1 aromatic heterocycles. The summed E-state index contributed by atoms with van der Waals surface area (Å²) in [5, 5.41) is 2.42. The maximum Gasteiger partial charge on any atom is 0.252 e. The maximum atomic E-state index is 9.29. The first-order chi connectivity index (χ1) is 35.6. The molecule has 72 heavy (non-hydrogen) atoms. The number of fused-ring (bicyclic) bond motifs is 9. The molecule has 0 bridgehead atoms. The van der Waals surface area contributed by atoms with Gasteiger partial charge >= 0.3 is 0 Å². The summed E-state index contributed by atoms with van der Waals surface area (Å²) < 4.78 is 30.3. The van der Waals surface area contributed by atoms with Crippen LogP contribution in [0.4, 0.5) is 51.2 Å². The van der Waals surface area contributed by atoms with E-state index >= 15 is 0 Å². The summed E-state index contributed by atoms with van der Waals surface area (Å²) in [5.74, 6) is 0. The van der Waals surface area contributed by atoms with Gasteiger partial charge in [0.1, 0.15) is 0 Å². The number of anilines is 9. The molecule has 3 heterocycles. The zero-order chi connectivity index (χ0) is 52.3. The Bertz CT molecular complexity index is 3810. The van der Waals surface area contributed by atoms with Crippen molar-refractivity contribution >= 4 is 106 Å². The van der Waals surface area contributed by atoms with Gasteiger partial charge in [-0.25, -0.2) is 0 Å². The SMILES string of the molecule is [2H]C([2H])([2H])c1cc2c3c(c1)N(c1ccc4c(c1)C(C)(C)CCC4(C)C)c1cc4c(cc1B3c1ccc(N(c3ccccc3C)c3ccccc3C)cc1N2c1ccc2sc3ccccc3c2c1)C(C)(C)CCC4(C)C. The smallest absolute Gasteiger partial charge is 0.252 e. The van der Waals surface area contributed by atoms with Crippen molar-refractivity contribution in [2.45, 2.75) is 123 Å². The minimum atomic E-state index is -2.40. The highest BCUT2D eigenvalue weighted by atomic mass is 32.1. The molecule has 358 valence electrons. The molecule has 9 aromatic rings. The van der Waals surface area contributed by atoms with Gasteiger partial charge in [-0.05, 0) is 202 Å². The second kappa shape index (κ2) is 15.7. The number of hydrogen-bond donors (Lipinski definition) is 0. The summed E-state index contributed by atoms with van der Waals surface area (Å²) in [6.07, 6.45) is 4.41. The Morgan fingerprint density at radius 2 is 1.00 bits per heavy atom. The third-order valence-electron chi connectivity index (χ3n) is 17.7. The number of thiophene rings is 1. The Balaban J connectivity index is 1.16. The molecule has 0 spiro atoms. The van der Waals surface area contributed by atoms with Crippen molar-refractivity contribution in [3.8, 4) is 0 Å². The number of hydrogen-bond acceptors (Lipinski definition) is 4. The molecule has 0 unspecified atom stereocenters. The normalized spacial score (nSPS) is 18.3. The minimum absolute atomic E-state index is 0.0355. The molecule has 0 saturated carbocycles. The van der Waals surface area contributed by atoms with Crippen LogP contribution in [-0.4, -0.2) is 6.71 Å². The molecule has 2 aliphatic carbocycles. The van der Waals surface area contributed by atoms with E-state index in [4.69, 9.17) is 0 Å². The summed E-state index contributed by atoms with van der Waals surface area (Å²) in [6, 6.07) is 56.3. The van der Waals surface area contributed by atoms with Crippen LogP contribution in [0.25, 0.3) is 20.2 Å². The Labute approximate surface area is 436 Å². The number of aryl methyl sites for hydroxylation is 3. The van der Waals surface area contributed by atoms with E-state index in [2.05, 4.69) is 223 Å². The van der Waals surface area contributed by atoms with Gasteiger partial charge in [0.05, 0.1) is 0 Å². The van der Waals surface area contributed by atoms with Gasteiger partial charge in [-0.1, -0.05) is 128 Å². The Hall–Kier alpha value is -6.56. The lowest BCUT2D eigenvalue weighted by Gasteiger charge is -2.48. The second-order valence-electron chi connectivity index (χ2n) is 24.2. The average Bonchev–Trinajstić information content (AvgIpc) is 3.76. The van der Waals surface area contributed by atoms with Crippen LogP contribution >= 0.6 is 11.3 Å². The number of rotatable bonds is 5. The van der Waals surface area contributed by atoms with Crippen molar-refractivity contribution in [2.75, 3.05) is 14.7 Å². The lowest BCUT2D eigenvalue weighted by atomic mass is 9.33. The van der Waals surface area contributed by atoms with Crippen molar-refractivity contribution in [3.05, 3.63) is 191 Å². The molecular formula is C67H66BN3S. The maximum absolute atomic E-state index is 9.29. The Morgan fingerprint density at radius 1 is 0.472 bits per heavy atom. The molecule has 4 aliphatic rings. The van der Waals surface area contributed by atoms with E-state index in [1.807, 2.05) is 23.5 Å². The predicted molar refractivity (Wildman–Crippen MR) is 313 cm³/mol. The van der Waals surface area contributed by atoms with E-state index < -0.39 is 6.85 Å². The quantitative estimate of drug-likeness (QED) is 0.159. The highest BCUT2D eigenvalue weighted by molar-refractivity contribution is 7.25. The van der Waals surface area contributed by atoms with Crippen molar-refractivity contribution in [1.82, 2.24) is 0 Å². The van der Waals surface area contributed by atoms with E-state index in [0.717, 1.165) is 82.3 Å². The lowest BCUT2D eigenvalue weighted by molar-refractivity contribution is 0.332. The van der Waals surface area contributed by atoms with Gasteiger partial charge in [0.15, 0.2) is 0 Å². The highest BCUT2D eigenvalue weighted by Gasteiger charge is 2.47. The fourth-order valence-corrected chi connectivity index (χ4v) is 14.4. The van der Waals surface area contributed by atoms with Crippen LogP contribution in [0, 0.1) is 20.7 Å². The summed E-state index contributed by atoms with van der Waals surface area (Å²) in [7, 11) is 0. The van der Waals surface area contributed by atoms with Crippen molar-refractivity contribution in [1.29, 1.82) is 0 Å². The first-order valence-corrected chi connectivity index (χ1v) is 27.0. The molecule has 2 aliphatic heterocycles. The predicted octanol–water partition coefficient (Wildman–Crippen LogP) is 17.2. The molecule has 0 N–H and O–H groups in total. The summed E-state index contributed by atoms with van der Waals surface area (Å²) in [6.45, 7) is 21.1. The largest absolute Gasteiger partial charge is 0.311 e. The monoisotopic (exact) mass is 959 g/mol. The van der Waals surface area contributed by atoms with Crippen LogP contribution in [0.1, 0.15) is 124 Å². The van der Waals surface area contributed by atoms with Crippen LogP contribution in [0.3, 0.4) is 0 Å². The van der Waals surface area contributed by atoms with Gasteiger partial charge in [-0.2, -0.15) is 0 Å². The summed E-state index contributed by atoms with van der Waals surface area (Å²) in [5.41, 5.74) is 21.1. The zero-order valence-electron chi connectivity index (χ0n) is 46.6. The van der Waals surface area contributed by atoms with Crippen LogP contribution < -0.4 is 31.1 Å². The van der Waals surface area contributed by atoms with Gasteiger partial charge < -0.3 is 14.7 Å². The molecule has 0 saturated heterocycles. The number of para-hydroxylation sites is 2. The minimum Gasteiger partial charge on any atom is -0.311 e. The molecule has 0 amide bonds. The standard InChI is InChI=1S/C67H66BN3S/c1-41-34-59-63-60(35-41)71(45-24-27-49-50(37-45)65(6,7)31-30-64(49,4)5)58-40-52-51(66(8,9)32-33-67(52,10)11)39-54(58)68(63)53-28-25-46(69(55-21-15-12-18-42(55)2)56-22-16-13-19-43(56)3)38-57(53)70(59)44-26-29-62-48(36-44)47-20-14-17-23-61(47)72-62/h12-29,34-40H,30-33H2,1-11H3/i1D3. The molecule has 3 nitrogen and oxygen atoms in total. The summed E-state index contributed by atoms with van der Waals surface area (Å²) in [4.78, 5) is 7.30. The lowest BCUT2D eigenvalue weighted by Crippen LogP contribution is -2.62. The van der Waals surface area contributed by atoms with E-state index in [1.165, 1.54) is 64.5 Å². The van der Waals surface area contributed by atoms with E-state index in [0.29, 0.717) is 5.56 Å². The molecule has 0 radical (unpaired) electrons. The van der Waals surface area contributed by atoms with Crippen molar-refractivity contribution < 1.29 is 4.11 Å². The van der Waals surface area contributed by atoms with Crippen LogP contribution in [0.5, 0.6) is 0 Å². The van der Waals surface area contributed by atoms with Crippen LogP contribution in [0.2, 0.25) is 0 Å². The van der Waals surface area contributed by atoms with E-state index in [-0.39, 0.29) is 28.4 Å². The molecule has 0 atom stereocenters. The fourth-order valence-electron chi connectivity index (χ4n) is 13.3. The van der Waals surface area contributed by atoms with Crippen LogP contribution in [0.15, 0.2) is 152 Å². The average molecular weight is 959 g/mol. The number of nitrogens with zero attached hydrogens (tertiary/aromatic N) is 3. The van der Waals surface area contributed by atoms with E-state index in [1.54, 1.807) is 0 Å². The fraction of sp³-hybridized carbons (Fsp3) is 0.284. The second-order valence-corrected chi connectivity index (χ2v) is 25.3. The highest BCUT2D eigenvalue weighted by Crippen LogP contribution is 2.54. The van der Waals surface area contributed by atoms with Gasteiger partial charge in [-0.3, -0.25) is 0 Å². The number of benzene rings is 8. The van der Waals surface area contributed by atoms with Crippen LogP contribution in [-0.2, 0) is 21.7 Å². The third kappa shape index (κ3) is 6.75. The molecule has 13 rings (SSSR count). The van der Waals surface area contributed by atoms with Crippen molar-refractivity contribution in [3.63, 3.8) is 0 Å². The van der Waals surface area contributed by atoms with E-state index in [9.17, 15) is 4.11 Å². The van der Waals surface area contributed by atoms with Gasteiger partial charge in [0, 0.05) is 75.5 Å². The molecule has 5 heteroatoms. The summed E-state index contributed by atoms with van der Waals surface area (Å²) >= 11 is 1.82. The topological polar surface area (TPSA) is 9.72 Å². The molecule has 0 fully saturated rings. The first kappa shape index (κ1) is 42.0. The third-order valence-corrected chi connectivity index (χ3v) is 18.9. The van der Waals surface area contributed by atoms with Gasteiger partial charge in [0.2, 0.25) is 0 Å². The molecule has 8 aromatic carbocycles. The Kier molecular flexibility index (Phi) is 9.17.